The van der Waals surface area contributed by atoms with E-state index in [1.807, 2.05) is 47.1 Å². The Bertz CT molecular complexity index is 1350. The van der Waals surface area contributed by atoms with Crippen LogP contribution in [-0.4, -0.2) is 46.0 Å². The van der Waals surface area contributed by atoms with Crippen LogP contribution >= 0.6 is 0 Å². The lowest BCUT2D eigenvalue weighted by atomic mass is 10.0. The van der Waals surface area contributed by atoms with Crippen molar-refractivity contribution >= 4 is 28.4 Å². The molecule has 2 aromatic heterocycles. The number of carbonyl (C=O) groups is 1. The molecule has 1 aliphatic heterocycles. The van der Waals surface area contributed by atoms with Gasteiger partial charge in [0.2, 0.25) is 0 Å². The molecule has 2 aromatic carbocycles. The van der Waals surface area contributed by atoms with E-state index >= 15 is 0 Å². The Kier molecular flexibility index (Phi) is 6.13. The number of anilines is 2. The first-order valence-corrected chi connectivity index (χ1v) is 11.6. The van der Waals surface area contributed by atoms with E-state index in [2.05, 4.69) is 4.98 Å². The Morgan fingerprint density at radius 1 is 1.06 bits per heavy atom. The molecule has 0 bridgehead atoms. The second-order valence-electron chi connectivity index (χ2n) is 8.63. The summed E-state index contributed by atoms with van der Waals surface area (Å²) in [5.74, 6) is 0.583. The summed E-state index contributed by atoms with van der Waals surface area (Å²) in [5.41, 5.74) is 16.9. The van der Waals surface area contributed by atoms with Crippen molar-refractivity contribution in [1.82, 2.24) is 19.7 Å². The standard InChI is InChI=1S/C26H28N6O3/c1-34-23-13-18(7-8-20(23)27)25-24-21(28)14-29-15-22(24)32(30-25)19-9-11-31(12-10-19)26(33)35-16-17-5-3-2-4-6-17/h2-8,13-15,19H,9-12,16,27-28H2,1H3. The van der Waals surface area contributed by atoms with Gasteiger partial charge in [-0.25, -0.2) is 4.79 Å². The molecule has 0 spiro atoms. The smallest absolute Gasteiger partial charge is 0.410 e. The number of benzene rings is 2. The van der Waals surface area contributed by atoms with E-state index in [4.69, 9.17) is 26.0 Å². The number of ether oxygens (including phenoxy) is 2. The van der Waals surface area contributed by atoms with Gasteiger partial charge in [-0.2, -0.15) is 5.10 Å². The van der Waals surface area contributed by atoms with Crippen molar-refractivity contribution in [1.29, 1.82) is 0 Å². The molecule has 3 heterocycles. The Morgan fingerprint density at radius 3 is 2.57 bits per heavy atom. The first-order valence-electron chi connectivity index (χ1n) is 11.6. The number of aromatic nitrogens is 3. The van der Waals surface area contributed by atoms with Crippen LogP contribution in [0.1, 0.15) is 24.4 Å². The van der Waals surface area contributed by atoms with Crippen LogP contribution in [0.2, 0.25) is 0 Å². The van der Waals surface area contributed by atoms with Gasteiger partial charge in [-0.3, -0.25) is 9.67 Å². The number of nitrogen functional groups attached to an aromatic ring is 2. The number of carbonyl (C=O) groups excluding carboxylic acids is 1. The quantitative estimate of drug-likeness (QED) is 0.417. The van der Waals surface area contributed by atoms with Gasteiger partial charge in [-0.15, -0.1) is 0 Å². The number of rotatable bonds is 5. The molecule has 0 radical (unpaired) electrons. The highest BCUT2D eigenvalue weighted by Crippen LogP contribution is 2.37. The third kappa shape index (κ3) is 4.44. The molecular weight excluding hydrogens is 444 g/mol. The number of fused-ring (bicyclic) bond motifs is 1. The molecule has 1 aliphatic rings. The number of piperidine rings is 1. The van der Waals surface area contributed by atoms with Crippen molar-refractivity contribution in [2.24, 2.45) is 0 Å². The Labute approximate surface area is 203 Å². The Morgan fingerprint density at radius 2 is 1.83 bits per heavy atom. The highest BCUT2D eigenvalue weighted by molar-refractivity contribution is 6.01. The van der Waals surface area contributed by atoms with Crippen LogP contribution in [0.25, 0.3) is 22.2 Å². The number of pyridine rings is 1. The van der Waals surface area contributed by atoms with E-state index in [0.29, 0.717) is 30.2 Å². The maximum atomic E-state index is 12.6. The summed E-state index contributed by atoms with van der Waals surface area (Å²) < 4.78 is 12.9. The molecule has 0 saturated carbocycles. The molecule has 5 rings (SSSR count). The maximum Gasteiger partial charge on any atom is 0.410 e. The van der Waals surface area contributed by atoms with Gasteiger partial charge in [0, 0.05) is 18.7 Å². The number of hydrogen-bond acceptors (Lipinski definition) is 7. The fraction of sp³-hybridized carbons (Fsp3) is 0.269. The molecule has 1 amide bonds. The fourth-order valence-corrected chi connectivity index (χ4v) is 4.55. The summed E-state index contributed by atoms with van der Waals surface area (Å²) >= 11 is 0. The highest BCUT2D eigenvalue weighted by atomic mass is 16.6. The molecule has 1 fully saturated rings. The first kappa shape index (κ1) is 22.5. The van der Waals surface area contributed by atoms with Crippen LogP contribution in [0.3, 0.4) is 0 Å². The monoisotopic (exact) mass is 472 g/mol. The van der Waals surface area contributed by atoms with Crippen LogP contribution in [-0.2, 0) is 11.3 Å². The maximum absolute atomic E-state index is 12.6. The molecule has 9 nitrogen and oxygen atoms in total. The summed E-state index contributed by atoms with van der Waals surface area (Å²) in [6, 6.07) is 15.4. The van der Waals surface area contributed by atoms with E-state index in [9.17, 15) is 4.79 Å². The molecule has 4 aromatic rings. The van der Waals surface area contributed by atoms with Gasteiger partial charge in [0.05, 0.1) is 47.8 Å². The second kappa shape index (κ2) is 9.54. The van der Waals surface area contributed by atoms with Crippen molar-refractivity contribution in [2.75, 3.05) is 31.7 Å². The van der Waals surface area contributed by atoms with Gasteiger partial charge in [-0.1, -0.05) is 36.4 Å². The third-order valence-electron chi connectivity index (χ3n) is 6.43. The molecule has 35 heavy (non-hydrogen) atoms. The SMILES string of the molecule is COc1cc(-c2nn(C3CCN(C(=O)OCc4ccccc4)CC3)c3cncc(N)c23)ccc1N. The highest BCUT2D eigenvalue weighted by Gasteiger charge is 2.28. The van der Waals surface area contributed by atoms with Crippen LogP contribution in [0.15, 0.2) is 60.9 Å². The number of nitrogens with two attached hydrogens (primary N) is 2. The average Bonchev–Trinajstić information content (AvgIpc) is 3.29. The van der Waals surface area contributed by atoms with E-state index in [0.717, 1.165) is 40.6 Å². The predicted octanol–water partition coefficient (Wildman–Crippen LogP) is 4.25. The van der Waals surface area contributed by atoms with E-state index in [1.165, 1.54) is 0 Å². The molecule has 180 valence electrons. The zero-order valence-corrected chi connectivity index (χ0v) is 19.6. The molecule has 4 N–H and O–H groups in total. The zero-order chi connectivity index (χ0) is 24.4. The van der Waals surface area contributed by atoms with Crippen molar-refractivity contribution < 1.29 is 14.3 Å². The third-order valence-corrected chi connectivity index (χ3v) is 6.43. The lowest BCUT2D eigenvalue weighted by Crippen LogP contribution is -2.39. The minimum absolute atomic E-state index is 0.101. The van der Waals surface area contributed by atoms with Crippen LogP contribution in [0, 0.1) is 0 Å². The van der Waals surface area contributed by atoms with Gasteiger partial charge in [0.25, 0.3) is 0 Å². The number of hydrogen-bond donors (Lipinski definition) is 2. The molecule has 9 heteroatoms. The summed E-state index contributed by atoms with van der Waals surface area (Å²) in [7, 11) is 1.59. The van der Waals surface area contributed by atoms with Gasteiger partial charge in [0.15, 0.2) is 0 Å². The van der Waals surface area contributed by atoms with Gasteiger partial charge < -0.3 is 25.8 Å². The molecule has 0 atom stereocenters. The summed E-state index contributed by atoms with van der Waals surface area (Å²) in [6.07, 6.45) is 4.63. The number of amides is 1. The van der Waals surface area contributed by atoms with Crippen molar-refractivity contribution in [3.05, 3.63) is 66.5 Å². The van der Waals surface area contributed by atoms with Gasteiger partial charge in [0.1, 0.15) is 18.1 Å². The summed E-state index contributed by atoms with van der Waals surface area (Å²) in [4.78, 5) is 18.6. The van der Waals surface area contributed by atoms with Crippen molar-refractivity contribution in [2.45, 2.75) is 25.5 Å². The minimum atomic E-state index is -0.293. The second-order valence-corrected chi connectivity index (χ2v) is 8.63. The van der Waals surface area contributed by atoms with Crippen molar-refractivity contribution in [3.8, 4) is 17.0 Å². The van der Waals surface area contributed by atoms with Crippen LogP contribution in [0.5, 0.6) is 5.75 Å². The number of likely N-dealkylation sites (tertiary alicyclic amines) is 1. The van der Waals surface area contributed by atoms with Crippen LogP contribution < -0.4 is 16.2 Å². The Balaban J connectivity index is 1.36. The molecule has 0 unspecified atom stereocenters. The molecule has 1 saturated heterocycles. The topological polar surface area (TPSA) is 122 Å². The van der Waals surface area contributed by atoms with E-state index in [1.54, 1.807) is 30.5 Å². The minimum Gasteiger partial charge on any atom is -0.495 e. The van der Waals surface area contributed by atoms with Crippen LogP contribution in [0.4, 0.5) is 16.2 Å². The average molecular weight is 473 g/mol. The largest absolute Gasteiger partial charge is 0.495 e. The van der Waals surface area contributed by atoms with Gasteiger partial charge in [-0.05, 0) is 30.5 Å². The first-order chi connectivity index (χ1) is 17.0. The number of nitrogens with zero attached hydrogens (tertiary/aromatic N) is 4. The lowest BCUT2D eigenvalue weighted by Gasteiger charge is -2.31. The lowest BCUT2D eigenvalue weighted by molar-refractivity contribution is 0.0825. The zero-order valence-electron chi connectivity index (χ0n) is 19.6. The number of methoxy groups -OCH3 is 1. The van der Waals surface area contributed by atoms with Crippen molar-refractivity contribution in [3.63, 3.8) is 0 Å². The predicted molar refractivity (Wildman–Crippen MR) is 135 cm³/mol. The summed E-state index contributed by atoms with van der Waals surface area (Å²) in [5, 5.41) is 5.80. The van der Waals surface area contributed by atoms with E-state index < -0.39 is 0 Å². The Hall–Kier alpha value is -4.27. The van der Waals surface area contributed by atoms with E-state index in [-0.39, 0.29) is 18.7 Å². The van der Waals surface area contributed by atoms with Gasteiger partial charge >= 0.3 is 6.09 Å². The fourth-order valence-electron chi connectivity index (χ4n) is 4.55. The molecule has 0 aliphatic carbocycles. The normalized spacial score (nSPS) is 14.3. The summed E-state index contributed by atoms with van der Waals surface area (Å²) in [6.45, 7) is 1.43. The molecular formula is C26H28N6O3.